The van der Waals surface area contributed by atoms with Crippen molar-refractivity contribution >= 4 is 11.6 Å². The van der Waals surface area contributed by atoms with Gasteiger partial charge in [-0.3, -0.25) is 4.68 Å². The second-order valence-electron chi connectivity index (χ2n) is 3.17. The van der Waals surface area contributed by atoms with Gasteiger partial charge in [0.1, 0.15) is 0 Å². The van der Waals surface area contributed by atoms with E-state index in [2.05, 4.69) is 5.10 Å². The first-order valence-electron chi connectivity index (χ1n) is 4.45. The van der Waals surface area contributed by atoms with E-state index in [4.69, 9.17) is 11.6 Å². The molecular weight excluding hydrogens is 188 g/mol. The van der Waals surface area contributed by atoms with Gasteiger partial charge in [-0.2, -0.15) is 5.10 Å². The predicted molar refractivity (Wildman–Crippen MR) is 52.9 cm³/mol. The van der Waals surface area contributed by atoms with Crippen molar-refractivity contribution in [3.63, 3.8) is 0 Å². The fourth-order valence-electron chi connectivity index (χ4n) is 1.23. The van der Waals surface area contributed by atoms with Gasteiger partial charge in [-0.1, -0.05) is 0 Å². The van der Waals surface area contributed by atoms with Crippen LogP contribution in [0, 0.1) is 0 Å². The van der Waals surface area contributed by atoms with Gasteiger partial charge in [-0.15, -0.1) is 11.6 Å². The maximum Gasteiger partial charge on any atom is 0.0650 e. The average molecular weight is 203 g/mol. The molecule has 13 heavy (non-hydrogen) atoms. The molecule has 1 unspecified atom stereocenters. The number of aryl methyl sites for hydroxylation is 1. The van der Waals surface area contributed by atoms with Gasteiger partial charge in [0.2, 0.25) is 0 Å². The molecule has 0 aliphatic rings. The summed E-state index contributed by atoms with van der Waals surface area (Å²) in [5.41, 5.74) is 0.935. The van der Waals surface area contributed by atoms with Gasteiger partial charge in [0.05, 0.1) is 11.8 Å². The summed E-state index contributed by atoms with van der Waals surface area (Å²) in [5.74, 6) is 0.610. The molecule has 0 fully saturated rings. The van der Waals surface area contributed by atoms with E-state index in [-0.39, 0.29) is 6.10 Å². The van der Waals surface area contributed by atoms with E-state index >= 15 is 0 Å². The van der Waals surface area contributed by atoms with Crippen molar-refractivity contribution < 1.29 is 5.11 Å². The van der Waals surface area contributed by atoms with Crippen molar-refractivity contribution in [1.29, 1.82) is 0 Å². The first kappa shape index (κ1) is 10.5. The lowest BCUT2D eigenvalue weighted by molar-refractivity contribution is 0.163. The monoisotopic (exact) mass is 202 g/mol. The lowest BCUT2D eigenvalue weighted by Crippen LogP contribution is -2.11. The van der Waals surface area contributed by atoms with Gasteiger partial charge in [-0.25, -0.2) is 0 Å². The minimum absolute atomic E-state index is 0.311. The zero-order valence-electron chi connectivity index (χ0n) is 7.78. The minimum atomic E-state index is -0.311. The van der Waals surface area contributed by atoms with Crippen LogP contribution in [0.4, 0.5) is 0 Å². The SMILES string of the molecule is Cn1ccc(CC(O)CCCCl)n1. The molecule has 1 atom stereocenters. The van der Waals surface area contributed by atoms with Crippen molar-refractivity contribution in [3.8, 4) is 0 Å². The summed E-state index contributed by atoms with van der Waals surface area (Å²) in [6.07, 6.45) is 3.80. The van der Waals surface area contributed by atoms with Crippen LogP contribution >= 0.6 is 11.6 Å². The Bertz CT molecular complexity index is 250. The Morgan fingerprint density at radius 1 is 1.69 bits per heavy atom. The van der Waals surface area contributed by atoms with E-state index in [0.717, 1.165) is 18.5 Å². The van der Waals surface area contributed by atoms with Gasteiger partial charge in [0, 0.05) is 25.5 Å². The number of halogens is 1. The van der Waals surface area contributed by atoms with Crippen LogP contribution in [-0.2, 0) is 13.5 Å². The van der Waals surface area contributed by atoms with Crippen LogP contribution in [0.5, 0.6) is 0 Å². The summed E-state index contributed by atoms with van der Waals surface area (Å²) in [6, 6.07) is 1.92. The van der Waals surface area contributed by atoms with E-state index < -0.39 is 0 Å². The molecule has 1 aromatic heterocycles. The summed E-state index contributed by atoms with van der Waals surface area (Å²) in [6.45, 7) is 0. The summed E-state index contributed by atoms with van der Waals surface area (Å²) >= 11 is 5.52. The normalized spacial score (nSPS) is 13.2. The van der Waals surface area contributed by atoms with Gasteiger partial charge in [-0.05, 0) is 18.9 Å². The maximum absolute atomic E-state index is 9.54. The van der Waals surface area contributed by atoms with Crippen molar-refractivity contribution in [3.05, 3.63) is 18.0 Å². The second kappa shape index (κ2) is 5.25. The first-order chi connectivity index (χ1) is 6.22. The Hall–Kier alpha value is -0.540. The molecule has 74 valence electrons. The van der Waals surface area contributed by atoms with Crippen LogP contribution in [0.2, 0.25) is 0 Å². The largest absolute Gasteiger partial charge is 0.393 e. The molecule has 0 amide bonds. The highest BCUT2D eigenvalue weighted by atomic mass is 35.5. The third kappa shape index (κ3) is 3.79. The smallest absolute Gasteiger partial charge is 0.0650 e. The standard InChI is InChI=1S/C9H15ClN2O/c1-12-6-4-8(11-12)7-9(13)3-2-5-10/h4,6,9,13H,2-3,5,7H2,1H3. The molecule has 0 aliphatic carbocycles. The Morgan fingerprint density at radius 3 is 3.00 bits per heavy atom. The number of aliphatic hydroxyl groups is 1. The van der Waals surface area contributed by atoms with Crippen LogP contribution in [0.25, 0.3) is 0 Å². The number of hydrogen-bond donors (Lipinski definition) is 1. The fourth-order valence-corrected chi connectivity index (χ4v) is 1.38. The van der Waals surface area contributed by atoms with Crippen molar-refractivity contribution in [1.82, 2.24) is 9.78 Å². The molecule has 4 heteroatoms. The minimum Gasteiger partial charge on any atom is -0.393 e. The number of aliphatic hydroxyl groups excluding tert-OH is 1. The lowest BCUT2D eigenvalue weighted by Gasteiger charge is -2.06. The Morgan fingerprint density at radius 2 is 2.46 bits per heavy atom. The Kier molecular flexibility index (Phi) is 4.25. The predicted octanol–water partition coefficient (Wildman–Crippen LogP) is 1.34. The van der Waals surface area contributed by atoms with E-state index in [9.17, 15) is 5.11 Å². The van der Waals surface area contributed by atoms with Crippen molar-refractivity contribution in [2.24, 2.45) is 7.05 Å². The molecule has 0 aromatic carbocycles. The van der Waals surface area contributed by atoms with Gasteiger partial charge in [0.25, 0.3) is 0 Å². The zero-order valence-corrected chi connectivity index (χ0v) is 8.54. The Balaban J connectivity index is 2.31. The first-order valence-corrected chi connectivity index (χ1v) is 4.98. The topological polar surface area (TPSA) is 38.0 Å². The third-order valence-corrected chi connectivity index (χ3v) is 2.15. The second-order valence-corrected chi connectivity index (χ2v) is 3.55. The molecule has 0 bridgehead atoms. The number of rotatable bonds is 5. The molecule has 0 saturated carbocycles. The number of alkyl halides is 1. The third-order valence-electron chi connectivity index (χ3n) is 1.88. The lowest BCUT2D eigenvalue weighted by atomic mass is 10.1. The van der Waals surface area contributed by atoms with Gasteiger partial charge in [0.15, 0.2) is 0 Å². The van der Waals surface area contributed by atoms with Crippen LogP contribution in [-0.4, -0.2) is 26.9 Å². The molecule has 0 spiro atoms. The number of aromatic nitrogens is 2. The molecule has 0 radical (unpaired) electrons. The van der Waals surface area contributed by atoms with Crippen LogP contribution in [0.1, 0.15) is 18.5 Å². The highest BCUT2D eigenvalue weighted by Crippen LogP contribution is 2.05. The Labute approximate surface area is 83.3 Å². The maximum atomic E-state index is 9.54. The molecule has 3 nitrogen and oxygen atoms in total. The highest BCUT2D eigenvalue weighted by Gasteiger charge is 2.06. The van der Waals surface area contributed by atoms with E-state index in [1.165, 1.54) is 0 Å². The summed E-state index contributed by atoms with van der Waals surface area (Å²) in [4.78, 5) is 0. The van der Waals surface area contributed by atoms with Crippen molar-refractivity contribution in [2.45, 2.75) is 25.4 Å². The van der Waals surface area contributed by atoms with E-state index in [0.29, 0.717) is 12.3 Å². The molecule has 0 aliphatic heterocycles. The van der Waals surface area contributed by atoms with E-state index in [1.54, 1.807) is 4.68 Å². The van der Waals surface area contributed by atoms with E-state index in [1.807, 2.05) is 19.3 Å². The molecule has 1 N–H and O–H groups in total. The molecule has 1 aromatic rings. The van der Waals surface area contributed by atoms with Crippen LogP contribution in [0.3, 0.4) is 0 Å². The number of nitrogens with zero attached hydrogens (tertiary/aromatic N) is 2. The molecule has 1 heterocycles. The van der Waals surface area contributed by atoms with Crippen molar-refractivity contribution in [2.75, 3.05) is 5.88 Å². The van der Waals surface area contributed by atoms with Crippen LogP contribution < -0.4 is 0 Å². The van der Waals surface area contributed by atoms with Gasteiger partial charge >= 0.3 is 0 Å². The molecule has 0 saturated heterocycles. The summed E-state index contributed by atoms with van der Waals surface area (Å²) < 4.78 is 1.74. The zero-order chi connectivity index (χ0) is 9.68. The fraction of sp³-hybridized carbons (Fsp3) is 0.667. The van der Waals surface area contributed by atoms with Gasteiger partial charge < -0.3 is 5.11 Å². The summed E-state index contributed by atoms with van der Waals surface area (Å²) in [5, 5.41) is 13.7. The highest BCUT2D eigenvalue weighted by molar-refractivity contribution is 6.17. The molecular formula is C9H15ClN2O. The average Bonchev–Trinajstić information content (AvgIpc) is 2.48. The number of hydrogen-bond acceptors (Lipinski definition) is 2. The summed E-state index contributed by atoms with van der Waals surface area (Å²) in [7, 11) is 1.87. The van der Waals surface area contributed by atoms with Crippen LogP contribution in [0.15, 0.2) is 12.3 Å². The quantitative estimate of drug-likeness (QED) is 0.732. The molecule has 1 rings (SSSR count).